The molecule has 2 aromatic heterocycles. The topological polar surface area (TPSA) is 64.8 Å². The summed E-state index contributed by atoms with van der Waals surface area (Å²) in [7, 11) is -3.04. The highest BCUT2D eigenvalue weighted by Crippen LogP contribution is 2.25. The lowest BCUT2D eigenvalue weighted by Crippen LogP contribution is -2.14. The number of aryl methyl sites for hydroxylation is 2. The molecule has 2 aromatic rings. The van der Waals surface area contributed by atoms with E-state index in [1.807, 2.05) is 19.9 Å². The molecule has 0 radical (unpaired) electrons. The van der Waals surface area contributed by atoms with Gasteiger partial charge in [0.1, 0.15) is 21.2 Å². The van der Waals surface area contributed by atoms with Crippen LogP contribution in [0.25, 0.3) is 11.2 Å². The molecule has 2 heterocycles. The number of fused-ring (bicyclic) bond motifs is 1. The summed E-state index contributed by atoms with van der Waals surface area (Å²) in [5.41, 5.74) is 2.46. The van der Waals surface area contributed by atoms with Crippen LogP contribution in [-0.2, 0) is 16.4 Å². The summed E-state index contributed by atoms with van der Waals surface area (Å²) in [6, 6.07) is 1.87. The van der Waals surface area contributed by atoms with Crippen LogP contribution in [0, 0.1) is 6.92 Å². The molecule has 104 valence electrons. The van der Waals surface area contributed by atoms with Crippen LogP contribution in [0.15, 0.2) is 12.3 Å². The average molecular weight is 302 g/mol. The number of sulfone groups is 1. The van der Waals surface area contributed by atoms with Gasteiger partial charge < -0.3 is 4.57 Å². The molecule has 0 aliphatic rings. The molecule has 0 N–H and O–H groups in total. The number of hydrogen-bond acceptors (Lipinski definition) is 4. The number of pyridine rings is 1. The van der Waals surface area contributed by atoms with E-state index >= 15 is 0 Å². The van der Waals surface area contributed by atoms with E-state index in [0.29, 0.717) is 18.0 Å². The second kappa shape index (κ2) is 5.09. The van der Waals surface area contributed by atoms with Gasteiger partial charge in [0.05, 0.1) is 11.1 Å². The molecule has 0 bridgehead atoms. The zero-order chi connectivity index (χ0) is 14.2. The Bertz CT molecular complexity index is 707. The van der Waals surface area contributed by atoms with Gasteiger partial charge in [-0.1, -0.05) is 0 Å². The van der Waals surface area contributed by atoms with Crippen molar-refractivity contribution in [2.45, 2.75) is 25.8 Å². The second-order valence-corrected chi connectivity index (χ2v) is 7.58. The molecule has 0 aliphatic heterocycles. The summed E-state index contributed by atoms with van der Waals surface area (Å²) in [5.74, 6) is 0.701. The van der Waals surface area contributed by atoms with Gasteiger partial charge in [0.25, 0.3) is 0 Å². The third kappa shape index (κ3) is 3.06. The summed E-state index contributed by atoms with van der Waals surface area (Å²) in [5, 5.41) is -0.298. The van der Waals surface area contributed by atoms with Crippen molar-refractivity contribution < 1.29 is 8.42 Å². The van der Waals surface area contributed by atoms with E-state index < -0.39 is 9.84 Å². The van der Waals surface area contributed by atoms with Gasteiger partial charge in [-0.05, 0) is 25.5 Å². The molecule has 1 atom stereocenters. The molecule has 5 nitrogen and oxygen atoms in total. The Balaban J connectivity index is 2.56. The van der Waals surface area contributed by atoms with Crippen molar-refractivity contribution >= 4 is 32.6 Å². The third-order valence-electron chi connectivity index (χ3n) is 2.91. The van der Waals surface area contributed by atoms with E-state index in [1.54, 1.807) is 10.8 Å². The van der Waals surface area contributed by atoms with Crippen molar-refractivity contribution in [3.63, 3.8) is 0 Å². The Morgan fingerprint density at radius 2 is 2.16 bits per heavy atom. The zero-order valence-corrected chi connectivity index (χ0v) is 12.7. The Morgan fingerprint density at radius 1 is 1.47 bits per heavy atom. The Kier molecular flexibility index (Phi) is 3.82. The molecule has 1 unspecified atom stereocenters. The summed E-state index contributed by atoms with van der Waals surface area (Å²) in [4.78, 5) is 8.78. The molecule has 0 fully saturated rings. The van der Waals surface area contributed by atoms with Crippen LogP contribution in [0.2, 0.25) is 0 Å². The van der Waals surface area contributed by atoms with E-state index in [1.165, 1.54) is 6.26 Å². The smallest absolute Gasteiger partial charge is 0.160 e. The maximum Gasteiger partial charge on any atom is 0.160 e. The highest BCUT2D eigenvalue weighted by Gasteiger charge is 2.18. The van der Waals surface area contributed by atoms with Gasteiger partial charge >= 0.3 is 0 Å². The molecule has 0 aromatic carbocycles. The van der Waals surface area contributed by atoms with Crippen LogP contribution in [0.5, 0.6) is 0 Å². The average Bonchev–Trinajstić information content (AvgIpc) is 2.66. The first kappa shape index (κ1) is 14.3. The van der Waals surface area contributed by atoms with Gasteiger partial charge in [0, 0.05) is 19.0 Å². The predicted octanol–water partition coefficient (Wildman–Crippen LogP) is 2.08. The molecule has 0 saturated heterocycles. The highest BCUT2D eigenvalue weighted by molar-refractivity contribution is 7.90. The minimum atomic E-state index is -3.04. The normalized spacial score (nSPS) is 13.9. The van der Waals surface area contributed by atoms with E-state index in [2.05, 4.69) is 9.97 Å². The van der Waals surface area contributed by atoms with Crippen molar-refractivity contribution in [1.29, 1.82) is 0 Å². The minimum Gasteiger partial charge on any atom is -0.310 e. The van der Waals surface area contributed by atoms with Gasteiger partial charge in [-0.25, -0.2) is 18.4 Å². The first-order chi connectivity index (χ1) is 8.79. The van der Waals surface area contributed by atoms with E-state index in [9.17, 15) is 8.42 Å². The van der Waals surface area contributed by atoms with Crippen molar-refractivity contribution in [3.8, 4) is 0 Å². The molecule has 19 heavy (non-hydrogen) atoms. The fourth-order valence-corrected chi connectivity index (χ4v) is 2.62. The summed E-state index contributed by atoms with van der Waals surface area (Å²) >= 11 is 6.12. The molecule has 7 heteroatoms. The lowest BCUT2D eigenvalue weighted by molar-refractivity contribution is 0.593. The molecule has 0 amide bonds. The number of aromatic nitrogens is 3. The quantitative estimate of drug-likeness (QED) is 0.811. The first-order valence-electron chi connectivity index (χ1n) is 5.93. The maximum atomic E-state index is 11.3. The van der Waals surface area contributed by atoms with Crippen LogP contribution >= 0.6 is 11.6 Å². The van der Waals surface area contributed by atoms with E-state index in [4.69, 9.17) is 11.6 Å². The highest BCUT2D eigenvalue weighted by atomic mass is 35.5. The van der Waals surface area contributed by atoms with Gasteiger partial charge in [-0.3, -0.25) is 0 Å². The third-order valence-corrected chi connectivity index (χ3v) is 4.03. The number of hydrogen-bond donors (Lipinski definition) is 0. The lowest BCUT2D eigenvalue weighted by atomic mass is 10.3. The Morgan fingerprint density at radius 3 is 2.74 bits per heavy atom. The van der Waals surface area contributed by atoms with Gasteiger partial charge in [0.15, 0.2) is 5.65 Å². The monoisotopic (exact) mass is 301 g/mol. The van der Waals surface area contributed by atoms with Crippen molar-refractivity contribution in [1.82, 2.24) is 14.5 Å². The zero-order valence-electron chi connectivity index (χ0n) is 11.1. The number of alkyl halides is 1. The fourth-order valence-electron chi connectivity index (χ4n) is 1.94. The SMILES string of the molecule is Cc1ccnc2c1nc(C(C)Cl)n2CCS(C)(=O)=O. The first-order valence-corrected chi connectivity index (χ1v) is 8.43. The van der Waals surface area contributed by atoms with Gasteiger partial charge in [-0.2, -0.15) is 0 Å². The molecular weight excluding hydrogens is 286 g/mol. The number of rotatable bonds is 4. The molecule has 0 aliphatic carbocycles. The second-order valence-electron chi connectivity index (χ2n) is 4.67. The van der Waals surface area contributed by atoms with Crippen LogP contribution in [0.3, 0.4) is 0 Å². The van der Waals surface area contributed by atoms with E-state index in [0.717, 1.165) is 11.1 Å². The molecular formula is C12H16ClN3O2S. The predicted molar refractivity (Wildman–Crippen MR) is 76.2 cm³/mol. The minimum absolute atomic E-state index is 0.0463. The summed E-state index contributed by atoms with van der Waals surface area (Å²) in [6.07, 6.45) is 2.91. The summed E-state index contributed by atoms with van der Waals surface area (Å²) < 4.78 is 24.4. The summed E-state index contributed by atoms with van der Waals surface area (Å²) in [6.45, 7) is 4.08. The fraction of sp³-hybridized carbons (Fsp3) is 0.500. The standard InChI is InChI=1S/C12H16ClN3O2S/c1-8-4-5-14-12-10(8)15-11(9(2)13)16(12)6-7-19(3,17)18/h4-5,9H,6-7H2,1-3H3. The largest absolute Gasteiger partial charge is 0.310 e. The van der Waals surface area contributed by atoms with E-state index in [-0.39, 0.29) is 11.1 Å². The van der Waals surface area contributed by atoms with Gasteiger partial charge in [-0.15, -0.1) is 11.6 Å². The van der Waals surface area contributed by atoms with Crippen LogP contribution < -0.4 is 0 Å². The molecule has 0 spiro atoms. The number of nitrogens with zero attached hydrogens (tertiary/aromatic N) is 3. The molecule has 2 rings (SSSR count). The van der Waals surface area contributed by atoms with Crippen molar-refractivity contribution in [2.75, 3.05) is 12.0 Å². The van der Waals surface area contributed by atoms with Crippen molar-refractivity contribution in [2.24, 2.45) is 0 Å². The van der Waals surface area contributed by atoms with Crippen LogP contribution in [0.1, 0.15) is 23.7 Å². The van der Waals surface area contributed by atoms with Crippen molar-refractivity contribution in [3.05, 3.63) is 23.7 Å². The van der Waals surface area contributed by atoms with Crippen LogP contribution in [0.4, 0.5) is 0 Å². The maximum absolute atomic E-state index is 11.3. The number of halogens is 1. The lowest BCUT2D eigenvalue weighted by Gasteiger charge is -2.08. The molecule has 0 saturated carbocycles. The number of imidazole rings is 1. The Labute approximate surface area is 117 Å². The van der Waals surface area contributed by atoms with Gasteiger partial charge in [0.2, 0.25) is 0 Å². The van der Waals surface area contributed by atoms with Crippen LogP contribution in [-0.4, -0.2) is 35.0 Å². The Hall–Kier alpha value is -1.14.